The van der Waals surface area contributed by atoms with Crippen molar-refractivity contribution < 1.29 is 0 Å². The van der Waals surface area contributed by atoms with Crippen molar-refractivity contribution in [2.45, 2.75) is 12.8 Å². The standard InChI is InChI=1S/C50H36N2/c1-2-15-37(51-47-24-11-7-20-43(47)39-16-3-4-17-40(39)44-21-8-12-25-48(44)51)32-34-30-35-28-29-38(33-36(35)31-34)52-49-26-13-9-22-45(49)41-18-5-6-19-42(41)46-23-10-14-27-50(46)52/h2-29,32-33H,1,30-31H2/b34-32+,37-15+. The number of rotatable bonds is 4. The van der Waals surface area contributed by atoms with Crippen LogP contribution in [0.3, 0.4) is 0 Å². The van der Waals surface area contributed by atoms with Gasteiger partial charge in [-0.1, -0.05) is 146 Å². The number of benzene rings is 7. The fourth-order valence-electron chi connectivity index (χ4n) is 8.57. The molecule has 0 saturated heterocycles. The first-order valence-electron chi connectivity index (χ1n) is 18.1. The van der Waals surface area contributed by atoms with Crippen LogP contribution in [0.25, 0.3) is 44.5 Å². The van der Waals surface area contributed by atoms with Crippen LogP contribution in [0.5, 0.6) is 0 Å². The van der Waals surface area contributed by atoms with Crippen molar-refractivity contribution in [2.75, 3.05) is 9.80 Å². The third-order valence-corrected chi connectivity index (χ3v) is 10.8. The molecule has 7 aromatic carbocycles. The highest BCUT2D eigenvalue weighted by Gasteiger charge is 2.29. The van der Waals surface area contributed by atoms with Crippen LogP contribution in [-0.2, 0) is 12.8 Å². The fraction of sp³-hybridized carbons (Fsp3) is 0.0400. The van der Waals surface area contributed by atoms with Crippen LogP contribution in [0.2, 0.25) is 0 Å². The van der Waals surface area contributed by atoms with Crippen LogP contribution in [-0.4, -0.2) is 0 Å². The maximum Gasteiger partial charge on any atom is 0.0540 e. The fourth-order valence-corrected chi connectivity index (χ4v) is 8.57. The molecule has 2 aliphatic heterocycles. The highest BCUT2D eigenvalue weighted by atomic mass is 15.2. The average Bonchev–Trinajstić information content (AvgIpc) is 3.49. The number of para-hydroxylation sites is 4. The van der Waals surface area contributed by atoms with Gasteiger partial charge in [-0.05, 0) is 94.8 Å². The summed E-state index contributed by atoms with van der Waals surface area (Å²) in [5.74, 6) is 0. The van der Waals surface area contributed by atoms with Crippen LogP contribution in [0.15, 0.2) is 200 Å². The molecule has 0 bridgehead atoms. The Morgan fingerprint density at radius 3 is 1.33 bits per heavy atom. The molecule has 2 heteroatoms. The Bertz CT molecular complexity index is 2490. The van der Waals surface area contributed by atoms with E-state index in [4.69, 9.17) is 0 Å². The average molecular weight is 665 g/mol. The van der Waals surface area contributed by atoms with Crippen molar-refractivity contribution in [1.29, 1.82) is 0 Å². The zero-order valence-electron chi connectivity index (χ0n) is 28.8. The number of allylic oxidation sites excluding steroid dienone is 4. The van der Waals surface area contributed by atoms with Gasteiger partial charge in [0.25, 0.3) is 0 Å². The molecule has 0 N–H and O–H groups in total. The van der Waals surface area contributed by atoms with Gasteiger partial charge in [-0.25, -0.2) is 0 Å². The maximum atomic E-state index is 4.17. The topological polar surface area (TPSA) is 6.48 Å². The van der Waals surface area contributed by atoms with Crippen LogP contribution >= 0.6 is 0 Å². The third-order valence-electron chi connectivity index (χ3n) is 10.8. The Hall–Kier alpha value is -6.64. The second kappa shape index (κ2) is 12.3. The van der Waals surface area contributed by atoms with Gasteiger partial charge in [0, 0.05) is 33.6 Å². The van der Waals surface area contributed by atoms with E-state index in [2.05, 4.69) is 192 Å². The minimum absolute atomic E-state index is 0.895. The Labute approximate surface area is 305 Å². The van der Waals surface area contributed by atoms with E-state index in [1.165, 1.54) is 89.6 Å². The summed E-state index contributed by atoms with van der Waals surface area (Å²) in [5, 5.41) is 0. The predicted molar refractivity (Wildman–Crippen MR) is 219 cm³/mol. The van der Waals surface area contributed by atoms with E-state index in [0.717, 1.165) is 18.5 Å². The van der Waals surface area contributed by atoms with Crippen molar-refractivity contribution in [1.82, 2.24) is 0 Å². The van der Waals surface area contributed by atoms with Gasteiger partial charge < -0.3 is 9.80 Å². The molecule has 3 aliphatic rings. The second-order valence-corrected chi connectivity index (χ2v) is 13.8. The molecular weight excluding hydrogens is 629 g/mol. The number of anilines is 5. The lowest BCUT2D eigenvalue weighted by Crippen LogP contribution is -2.16. The minimum atomic E-state index is 0.895. The molecule has 0 unspecified atom stereocenters. The first-order valence-corrected chi connectivity index (χ1v) is 18.1. The van der Waals surface area contributed by atoms with Crippen LogP contribution in [0.4, 0.5) is 28.4 Å². The summed E-state index contributed by atoms with van der Waals surface area (Å²) in [6.07, 6.45) is 8.29. The Morgan fingerprint density at radius 2 is 0.846 bits per heavy atom. The number of hydrogen-bond acceptors (Lipinski definition) is 2. The first kappa shape index (κ1) is 30.2. The summed E-state index contributed by atoms with van der Waals surface area (Å²) < 4.78 is 0. The van der Waals surface area contributed by atoms with Gasteiger partial charge in [0.1, 0.15) is 0 Å². The SMILES string of the molecule is C=C/C=C(\C=C1/Cc2ccc(N3c4ccccc4-c4ccccc4-c4ccccc43)cc2C1)N1c2ccccc2-c2ccccc2-c2ccccc21. The minimum Gasteiger partial charge on any atom is -0.309 e. The monoisotopic (exact) mass is 664 g/mol. The largest absolute Gasteiger partial charge is 0.309 e. The van der Waals surface area contributed by atoms with E-state index < -0.39 is 0 Å². The molecule has 0 atom stereocenters. The highest BCUT2D eigenvalue weighted by molar-refractivity contribution is 6.03. The predicted octanol–water partition coefficient (Wildman–Crippen LogP) is 13.4. The van der Waals surface area contributed by atoms with Gasteiger partial charge in [0.05, 0.1) is 22.7 Å². The van der Waals surface area contributed by atoms with Gasteiger partial charge >= 0.3 is 0 Å². The summed E-state index contributed by atoms with van der Waals surface area (Å²) in [4.78, 5) is 4.88. The van der Waals surface area contributed by atoms with Crippen LogP contribution in [0, 0.1) is 0 Å². The molecule has 52 heavy (non-hydrogen) atoms. The third kappa shape index (κ3) is 4.80. The van der Waals surface area contributed by atoms with Gasteiger partial charge in [0.15, 0.2) is 0 Å². The van der Waals surface area contributed by atoms with E-state index in [0.29, 0.717) is 0 Å². The first-order chi connectivity index (χ1) is 25.8. The quantitative estimate of drug-likeness (QED) is 0.173. The number of hydrogen-bond donors (Lipinski definition) is 0. The number of nitrogens with zero attached hydrogens (tertiary/aromatic N) is 2. The summed E-state index contributed by atoms with van der Waals surface area (Å²) >= 11 is 0. The van der Waals surface area contributed by atoms with E-state index in [-0.39, 0.29) is 0 Å². The molecule has 246 valence electrons. The number of fused-ring (bicyclic) bond motifs is 11. The lowest BCUT2D eigenvalue weighted by Gasteiger charge is -2.28. The molecule has 2 nitrogen and oxygen atoms in total. The molecule has 1 aliphatic carbocycles. The Balaban J connectivity index is 1.07. The van der Waals surface area contributed by atoms with E-state index in [9.17, 15) is 0 Å². The van der Waals surface area contributed by atoms with Gasteiger partial charge in [-0.15, -0.1) is 0 Å². The van der Waals surface area contributed by atoms with Crippen molar-refractivity contribution in [3.63, 3.8) is 0 Å². The molecule has 0 radical (unpaired) electrons. The lowest BCUT2D eigenvalue weighted by molar-refractivity contribution is 1.13. The van der Waals surface area contributed by atoms with Crippen LogP contribution in [0.1, 0.15) is 11.1 Å². The van der Waals surface area contributed by atoms with E-state index in [1.54, 1.807) is 0 Å². The van der Waals surface area contributed by atoms with Crippen molar-refractivity contribution in [3.8, 4) is 44.5 Å². The van der Waals surface area contributed by atoms with Gasteiger partial charge in [-0.2, -0.15) is 0 Å². The zero-order valence-corrected chi connectivity index (χ0v) is 28.8. The van der Waals surface area contributed by atoms with Crippen molar-refractivity contribution in [3.05, 3.63) is 211 Å². The van der Waals surface area contributed by atoms with Crippen molar-refractivity contribution in [2.24, 2.45) is 0 Å². The zero-order chi connectivity index (χ0) is 34.6. The smallest absolute Gasteiger partial charge is 0.0540 e. The molecule has 2 heterocycles. The van der Waals surface area contributed by atoms with Crippen LogP contribution < -0.4 is 9.80 Å². The summed E-state index contributed by atoms with van der Waals surface area (Å²) in [5.41, 5.74) is 21.1. The molecule has 10 rings (SSSR count). The second-order valence-electron chi connectivity index (χ2n) is 13.8. The molecule has 0 amide bonds. The van der Waals surface area contributed by atoms with Gasteiger partial charge in [-0.3, -0.25) is 0 Å². The molecule has 0 aromatic heterocycles. The normalized spacial score (nSPS) is 14.5. The lowest BCUT2D eigenvalue weighted by atomic mass is 9.95. The summed E-state index contributed by atoms with van der Waals surface area (Å²) in [7, 11) is 0. The van der Waals surface area contributed by atoms with Crippen molar-refractivity contribution >= 4 is 28.4 Å². The Kier molecular flexibility index (Phi) is 7.14. The highest BCUT2D eigenvalue weighted by Crippen LogP contribution is 2.52. The summed E-state index contributed by atoms with van der Waals surface area (Å²) in [6.45, 7) is 4.17. The van der Waals surface area contributed by atoms with Gasteiger partial charge in [0.2, 0.25) is 0 Å². The van der Waals surface area contributed by atoms with E-state index >= 15 is 0 Å². The molecule has 0 fully saturated rings. The molecule has 7 aromatic rings. The summed E-state index contributed by atoms with van der Waals surface area (Å²) in [6, 6.07) is 59.8. The molecule has 0 saturated carbocycles. The van der Waals surface area contributed by atoms with E-state index in [1.807, 2.05) is 6.08 Å². The Morgan fingerprint density at radius 1 is 0.442 bits per heavy atom. The molecular formula is C50H36N2. The molecule has 0 spiro atoms. The maximum absolute atomic E-state index is 4.17.